The second kappa shape index (κ2) is 9.84. The number of amides is 1. The van der Waals surface area contributed by atoms with Gasteiger partial charge in [-0.3, -0.25) is 14.2 Å². The van der Waals surface area contributed by atoms with Crippen LogP contribution in [0.3, 0.4) is 0 Å². The summed E-state index contributed by atoms with van der Waals surface area (Å²) in [5.74, 6) is -0.326. The lowest BCUT2D eigenvalue weighted by molar-refractivity contribution is -0.139. The van der Waals surface area contributed by atoms with Gasteiger partial charge >= 0.3 is 5.97 Å². The molecule has 8 nitrogen and oxygen atoms in total. The maximum Gasteiger partial charge on any atom is 0.337 e. The number of carbonyl (C=O) groups excluding carboxylic acids is 1. The Labute approximate surface area is 216 Å². The van der Waals surface area contributed by atoms with E-state index in [0.29, 0.717) is 41.9 Å². The number of para-hydroxylation sites is 1. The van der Waals surface area contributed by atoms with Gasteiger partial charge in [0.15, 0.2) is 0 Å². The van der Waals surface area contributed by atoms with Gasteiger partial charge in [-0.25, -0.2) is 9.78 Å². The van der Waals surface area contributed by atoms with Crippen molar-refractivity contribution in [1.29, 1.82) is 0 Å². The number of aromatic nitrogens is 2. The molecular weight excluding hydrogens is 468 g/mol. The van der Waals surface area contributed by atoms with Gasteiger partial charge in [0.2, 0.25) is 5.91 Å². The third-order valence-electron chi connectivity index (χ3n) is 6.78. The Morgan fingerprint density at radius 2 is 1.86 bits per heavy atom. The van der Waals surface area contributed by atoms with Crippen molar-refractivity contribution in [3.63, 3.8) is 0 Å². The maximum atomic E-state index is 13.5. The van der Waals surface area contributed by atoms with Gasteiger partial charge in [-0.15, -0.1) is 0 Å². The molecule has 0 saturated carbocycles. The maximum absolute atomic E-state index is 13.5. The lowest BCUT2D eigenvalue weighted by Gasteiger charge is -2.32. The average molecular weight is 503 g/mol. The number of rotatable bonds is 5. The van der Waals surface area contributed by atoms with Gasteiger partial charge in [-0.1, -0.05) is 45.0 Å². The van der Waals surface area contributed by atoms with Crippen LogP contribution in [0.5, 0.6) is 0 Å². The van der Waals surface area contributed by atoms with Gasteiger partial charge in [0.25, 0.3) is 5.56 Å². The summed E-state index contributed by atoms with van der Waals surface area (Å²) in [4.78, 5) is 44.7. The van der Waals surface area contributed by atoms with Gasteiger partial charge in [0.1, 0.15) is 5.82 Å². The first-order valence-electron chi connectivity index (χ1n) is 12.5. The standard InChI is InChI=1S/C29H34N4O4/c1-17-15-21(18(2)30-23-10-8-7-9-20(23)27(35)36)24-22(16-17)26(34)32(6)25(31-24)19-11-13-33(14-12-19)28(37)29(3,4)5/h7-11,15-16,18,30H,12-14H2,1-6H3,(H,35,36)/t18-/m1/s1. The molecule has 1 aromatic heterocycles. The van der Waals surface area contributed by atoms with Crippen molar-refractivity contribution in [2.24, 2.45) is 12.5 Å². The Morgan fingerprint density at radius 3 is 2.49 bits per heavy atom. The van der Waals surface area contributed by atoms with Crippen molar-refractivity contribution in [3.8, 4) is 0 Å². The Hall–Kier alpha value is -3.94. The fourth-order valence-electron chi connectivity index (χ4n) is 4.81. The molecule has 2 aromatic carbocycles. The molecular formula is C29H34N4O4. The number of anilines is 1. The van der Waals surface area contributed by atoms with Crippen LogP contribution in [0.25, 0.3) is 16.5 Å². The summed E-state index contributed by atoms with van der Waals surface area (Å²) in [5.41, 5.74) is 3.34. The van der Waals surface area contributed by atoms with Crippen molar-refractivity contribution in [2.75, 3.05) is 18.4 Å². The minimum Gasteiger partial charge on any atom is -0.478 e. The SMILES string of the molecule is Cc1cc([C@@H](C)Nc2ccccc2C(=O)O)c2nc(C3=CCN(C(=O)C(C)(C)C)CC3)n(C)c(=O)c2c1. The van der Waals surface area contributed by atoms with Crippen LogP contribution < -0.4 is 10.9 Å². The molecule has 2 heterocycles. The summed E-state index contributed by atoms with van der Waals surface area (Å²) >= 11 is 0. The molecule has 8 heteroatoms. The molecule has 0 saturated heterocycles. The summed E-state index contributed by atoms with van der Waals surface area (Å²) in [5, 5.41) is 13.4. The van der Waals surface area contributed by atoms with Gasteiger partial charge in [-0.2, -0.15) is 0 Å². The smallest absolute Gasteiger partial charge is 0.337 e. The third kappa shape index (κ3) is 5.14. The summed E-state index contributed by atoms with van der Waals surface area (Å²) in [7, 11) is 1.73. The van der Waals surface area contributed by atoms with E-state index in [4.69, 9.17) is 4.98 Å². The highest BCUT2D eigenvalue weighted by Gasteiger charge is 2.29. The van der Waals surface area contributed by atoms with Gasteiger partial charge < -0.3 is 15.3 Å². The third-order valence-corrected chi connectivity index (χ3v) is 6.78. The van der Waals surface area contributed by atoms with Crippen molar-refractivity contribution >= 4 is 34.0 Å². The van der Waals surface area contributed by atoms with E-state index in [2.05, 4.69) is 5.32 Å². The molecule has 0 fully saturated rings. The van der Waals surface area contributed by atoms with Gasteiger partial charge in [0, 0.05) is 36.8 Å². The number of carboxylic acid groups (broad SMARTS) is 1. The van der Waals surface area contributed by atoms with E-state index in [1.54, 1.807) is 35.9 Å². The van der Waals surface area contributed by atoms with E-state index in [-0.39, 0.29) is 23.1 Å². The molecule has 0 aliphatic carbocycles. The first-order chi connectivity index (χ1) is 17.4. The quantitative estimate of drug-likeness (QED) is 0.521. The van der Waals surface area contributed by atoms with Crippen LogP contribution in [0.15, 0.2) is 47.3 Å². The first kappa shape index (κ1) is 26.1. The molecule has 1 aliphatic heterocycles. The van der Waals surface area contributed by atoms with Crippen LogP contribution in [-0.4, -0.2) is 44.5 Å². The van der Waals surface area contributed by atoms with Crippen molar-refractivity contribution in [2.45, 2.75) is 47.1 Å². The van der Waals surface area contributed by atoms with Crippen LogP contribution in [0.4, 0.5) is 5.69 Å². The zero-order valence-corrected chi connectivity index (χ0v) is 22.3. The van der Waals surface area contributed by atoms with E-state index in [1.807, 2.05) is 57.7 Å². The Bertz CT molecular complexity index is 1480. The molecule has 37 heavy (non-hydrogen) atoms. The van der Waals surface area contributed by atoms with E-state index in [0.717, 1.165) is 16.7 Å². The highest BCUT2D eigenvalue weighted by molar-refractivity contribution is 5.94. The molecule has 1 atom stereocenters. The predicted octanol–water partition coefficient (Wildman–Crippen LogP) is 4.78. The van der Waals surface area contributed by atoms with E-state index in [9.17, 15) is 19.5 Å². The zero-order chi connectivity index (χ0) is 27.1. The molecule has 194 valence electrons. The van der Waals surface area contributed by atoms with Crippen molar-refractivity contribution in [3.05, 3.63) is 75.3 Å². The number of nitrogens with one attached hydrogen (secondary N) is 1. The minimum atomic E-state index is -1.01. The summed E-state index contributed by atoms with van der Waals surface area (Å²) in [6.07, 6.45) is 2.59. The molecule has 4 rings (SSSR count). The monoisotopic (exact) mass is 502 g/mol. The molecule has 3 aromatic rings. The molecule has 1 amide bonds. The van der Waals surface area contributed by atoms with Crippen LogP contribution in [-0.2, 0) is 11.8 Å². The number of carbonyl (C=O) groups is 2. The number of carboxylic acids is 1. The molecule has 1 aliphatic rings. The normalized spacial score (nSPS) is 14.9. The fraction of sp³-hybridized carbons (Fsp3) is 0.379. The average Bonchev–Trinajstić information content (AvgIpc) is 2.85. The molecule has 0 bridgehead atoms. The molecule has 0 spiro atoms. The number of benzene rings is 2. The summed E-state index contributed by atoms with van der Waals surface area (Å²) in [6, 6.07) is 10.3. The molecule has 0 unspecified atom stereocenters. The van der Waals surface area contributed by atoms with Crippen molar-refractivity contribution in [1.82, 2.24) is 14.5 Å². The largest absolute Gasteiger partial charge is 0.478 e. The Kier molecular flexibility index (Phi) is 6.95. The summed E-state index contributed by atoms with van der Waals surface area (Å²) < 4.78 is 1.58. The number of hydrogen-bond acceptors (Lipinski definition) is 5. The number of fused-ring (bicyclic) bond motifs is 1. The number of hydrogen-bond donors (Lipinski definition) is 2. The number of aryl methyl sites for hydroxylation is 1. The minimum absolute atomic E-state index is 0.0995. The lowest BCUT2D eigenvalue weighted by Crippen LogP contribution is -2.42. The van der Waals surface area contributed by atoms with Crippen LogP contribution in [0.1, 0.15) is 67.5 Å². The number of aromatic carboxylic acids is 1. The number of nitrogens with zero attached hydrogens (tertiary/aromatic N) is 3. The Balaban J connectivity index is 1.76. The summed E-state index contributed by atoms with van der Waals surface area (Å²) in [6.45, 7) is 10.6. The zero-order valence-electron chi connectivity index (χ0n) is 22.3. The highest BCUT2D eigenvalue weighted by atomic mass is 16.4. The predicted molar refractivity (Wildman–Crippen MR) is 146 cm³/mol. The van der Waals surface area contributed by atoms with Crippen LogP contribution in [0, 0.1) is 12.3 Å². The van der Waals surface area contributed by atoms with Gasteiger partial charge in [-0.05, 0) is 49.6 Å². The van der Waals surface area contributed by atoms with Crippen LogP contribution >= 0.6 is 0 Å². The van der Waals surface area contributed by atoms with E-state index < -0.39 is 11.4 Å². The second-order valence-corrected chi connectivity index (χ2v) is 10.7. The Morgan fingerprint density at radius 1 is 1.16 bits per heavy atom. The van der Waals surface area contributed by atoms with Gasteiger partial charge in [0.05, 0.1) is 22.5 Å². The van der Waals surface area contributed by atoms with E-state index in [1.165, 1.54) is 0 Å². The second-order valence-electron chi connectivity index (χ2n) is 10.7. The fourth-order valence-corrected chi connectivity index (χ4v) is 4.81. The first-order valence-corrected chi connectivity index (χ1v) is 12.5. The molecule has 0 radical (unpaired) electrons. The van der Waals surface area contributed by atoms with Crippen LogP contribution in [0.2, 0.25) is 0 Å². The lowest BCUT2D eigenvalue weighted by atomic mass is 9.93. The van der Waals surface area contributed by atoms with E-state index >= 15 is 0 Å². The van der Waals surface area contributed by atoms with Crippen molar-refractivity contribution < 1.29 is 14.7 Å². The molecule has 2 N–H and O–H groups in total. The topological polar surface area (TPSA) is 105 Å². The highest BCUT2D eigenvalue weighted by Crippen LogP contribution is 2.30.